The Balaban J connectivity index is 2.00. The second-order valence-corrected chi connectivity index (χ2v) is 5.88. The van der Waals surface area contributed by atoms with E-state index < -0.39 is 0 Å². The minimum atomic E-state index is 0.317. The third kappa shape index (κ3) is 2.74. The molecule has 0 aliphatic carbocycles. The van der Waals surface area contributed by atoms with Crippen molar-refractivity contribution in [3.63, 3.8) is 0 Å². The molecule has 2 nitrogen and oxygen atoms in total. The predicted octanol–water partition coefficient (Wildman–Crippen LogP) is 4.19. The Morgan fingerprint density at radius 1 is 1.15 bits per heavy atom. The van der Waals surface area contributed by atoms with Crippen molar-refractivity contribution < 1.29 is 0 Å². The lowest BCUT2D eigenvalue weighted by molar-refractivity contribution is 0.555. The molecule has 3 rings (SSSR count). The smallest absolute Gasteiger partial charge is 0.0390 e. The van der Waals surface area contributed by atoms with Gasteiger partial charge in [-0.2, -0.15) is 0 Å². The van der Waals surface area contributed by atoms with Gasteiger partial charge in [-0.15, -0.1) is 11.3 Å². The van der Waals surface area contributed by atoms with Crippen molar-refractivity contribution >= 4 is 22.1 Å². The first-order valence-corrected chi connectivity index (χ1v) is 7.85. The number of rotatable bonds is 5. The van der Waals surface area contributed by atoms with Crippen molar-refractivity contribution in [3.8, 4) is 0 Å². The first-order chi connectivity index (χ1) is 9.88. The van der Waals surface area contributed by atoms with Gasteiger partial charge in [-0.3, -0.25) is 4.98 Å². The molecule has 1 aromatic carbocycles. The van der Waals surface area contributed by atoms with Crippen LogP contribution >= 0.6 is 11.3 Å². The number of benzene rings is 1. The van der Waals surface area contributed by atoms with Crippen molar-refractivity contribution in [1.82, 2.24) is 10.3 Å². The SMILES string of the molecule is CCNC(Cc1cccs1)c1cncc2ccccc12. The van der Waals surface area contributed by atoms with Gasteiger partial charge in [0.2, 0.25) is 0 Å². The summed E-state index contributed by atoms with van der Waals surface area (Å²) in [6.45, 7) is 3.11. The molecule has 2 aromatic heterocycles. The summed E-state index contributed by atoms with van der Waals surface area (Å²) in [5, 5.41) is 8.24. The molecular weight excluding hydrogens is 264 g/mol. The van der Waals surface area contributed by atoms with E-state index in [1.54, 1.807) is 0 Å². The number of fused-ring (bicyclic) bond motifs is 1. The molecule has 0 fully saturated rings. The summed E-state index contributed by atoms with van der Waals surface area (Å²) in [6, 6.07) is 13.1. The van der Waals surface area contributed by atoms with Gasteiger partial charge in [0.25, 0.3) is 0 Å². The monoisotopic (exact) mass is 282 g/mol. The van der Waals surface area contributed by atoms with E-state index in [1.165, 1.54) is 21.2 Å². The average molecular weight is 282 g/mol. The molecule has 0 saturated carbocycles. The lowest BCUT2D eigenvalue weighted by Gasteiger charge is -2.19. The van der Waals surface area contributed by atoms with E-state index in [0.717, 1.165) is 13.0 Å². The Labute approximate surface area is 123 Å². The number of aromatic nitrogens is 1. The lowest BCUT2D eigenvalue weighted by Crippen LogP contribution is -2.23. The quantitative estimate of drug-likeness (QED) is 0.759. The van der Waals surface area contributed by atoms with Crippen LogP contribution in [0.2, 0.25) is 0 Å². The van der Waals surface area contributed by atoms with Gasteiger partial charge in [0.05, 0.1) is 0 Å². The number of nitrogens with zero attached hydrogens (tertiary/aromatic N) is 1. The van der Waals surface area contributed by atoms with Crippen LogP contribution in [0.3, 0.4) is 0 Å². The number of likely N-dealkylation sites (N-methyl/N-ethyl adjacent to an activating group) is 1. The van der Waals surface area contributed by atoms with E-state index in [1.807, 2.05) is 23.7 Å². The summed E-state index contributed by atoms with van der Waals surface area (Å²) < 4.78 is 0. The highest BCUT2D eigenvalue weighted by Gasteiger charge is 2.14. The molecule has 0 amide bonds. The van der Waals surface area contributed by atoms with Crippen molar-refractivity contribution in [2.24, 2.45) is 0 Å². The highest BCUT2D eigenvalue weighted by Crippen LogP contribution is 2.27. The molecular formula is C17H18N2S. The zero-order chi connectivity index (χ0) is 13.8. The van der Waals surface area contributed by atoms with Crippen molar-refractivity contribution in [2.75, 3.05) is 6.54 Å². The van der Waals surface area contributed by atoms with E-state index in [0.29, 0.717) is 6.04 Å². The Morgan fingerprint density at radius 2 is 2.05 bits per heavy atom. The van der Waals surface area contributed by atoms with E-state index >= 15 is 0 Å². The maximum atomic E-state index is 4.41. The van der Waals surface area contributed by atoms with Gasteiger partial charge in [0.15, 0.2) is 0 Å². The zero-order valence-corrected chi connectivity index (χ0v) is 12.4. The first kappa shape index (κ1) is 13.3. The second-order valence-electron chi connectivity index (χ2n) is 4.84. The summed E-state index contributed by atoms with van der Waals surface area (Å²) in [4.78, 5) is 5.82. The Hall–Kier alpha value is -1.71. The van der Waals surface area contributed by atoms with Crippen LogP contribution < -0.4 is 5.32 Å². The first-order valence-electron chi connectivity index (χ1n) is 6.97. The van der Waals surface area contributed by atoms with Crippen LogP contribution in [0.25, 0.3) is 10.8 Å². The molecule has 0 aliphatic rings. The number of thiophene rings is 1. The lowest BCUT2D eigenvalue weighted by atomic mass is 9.99. The zero-order valence-electron chi connectivity index (χ0n) is 11.5. The molecule has 3 aromatic rings. The topological polar surface area (TPSA) is 24.9 Å². The maximum Gasteiger partial charge on any atom is 0.0390 e. The van der Waals surface area contributed by atoms with Gasteiger partial charge < -0.3 is 5.32 Å². The maximum absolute atomic E-state index is 4.41. The summed E-state index contributed by atoms with van der Waals surface area (Å²) in [5.74, 6) is 0. The van der Waals surface area contributed by atoms with Crippen molar-refractivity contribution in [2.45, 2.75) is 19.4 Å². The normalized spacial score (nSPS) is 12.7. The minimum absolute atomic E-state index is 0.317. The Morgan fingerprint density at radius 3 is 2.85 bits per heavy atom. The van der Waals surface area contributed by atoms with Crippen LogP contribution in [0.5, 0.6) is 0 Å². The summed E-state index contributed by atoms with van der Waals surface area (Å²) in [6.07, 6.45) is 4.96. The molecule has 1 N–H and O–H groups in total. The number of pyridine rings is 1. The van der Waals surface area contributed by atoms with Gasteiger partial charge in [0.1, 0.15) is 0 Å². The van der Waals surface area contributed by atoms with Gasteiger partial charge in [-0.05, 0) is 28.9 Å². The van der Waals surface area contributed by atoms with Crippen LogP contribution in [0.1, 0.15) is 23.4 Å². The van der Waals surface area contributed by atoms with Gasteiger partial charge in [0, 0.05) is 35.1 Å². The number of hydrogen-bond donors (Lipinski definition) is 1. The Kier molecular flexibility index (Phi) is 4.09. The summed E-state index contributed by atoms with van der Waals surface area (Å²) in [7, 11) is 0. The predicted molar refractivity (Wildman–Crippen MR) is 86.2 cm³/mol. The van der Waals surface area contributed by atoms with Gasteiger partial charge >= 0.3 is 0 Å². The van der Waals surface area contributed by atoms with Crippen LogP contribution in [0.4, 0.5) is 0 Å². The molecule has 102 valence electrons. The van der Waals surface area contributed by atoms with Crippen molar-refractivity contribution in [1.29, 1.82) is 0 Å². The molecule has 1 unspecified atom stereocenters. The van der Waals surface area contributed by atoms with Crippen molar-refractivity contribution in [3.05, 3.63) is 64.6 Å². The fourth-order valence-corrected chi connectivity index (χ4v) is 3.34. The molecule has 1 atom stereocenters. The fourth-order valence-electron chi connectivity index (χ4n) is 2.59. The van der Waals surface area contributed by atoms with Crippen LogP contribution in [-0.4, -0.2) is 11.5 Å². The Bertz CT molecular complexity index is 671. The van der Waals surface area contributed by atoms with E-state index in [9.17, 15) is 0 Å². The third-order valence-corrected chi connectivity index (χ3v) is 4.41. The largest absolute Gasteiger partial charge is 0.310 e. The third-order valence-electron chi connectivity index (χ3n) is 3.51. The molecule has 0 aliphatic heterocycles. The fraction of sp³-hybridized carbons (Fsp3) is 0.235. The summed E-state index contributed by atoms with van der Waals surface area (Å²) in [5.41, 5.74) is 1.29. The molecule has 2 heterocycles. The highest BCUT2D eigenvalue weighted by molar-refractivity contribution is 7.09. The number of nitrogens with one attached hydrogen (secondary N) is 1. The van der Waals surface area contributed by atoms with Gasteiger partial charge in [-0.1, -0.05) is 37.3 Å². The highest BCUT2D eigenvalue weighted by atomic mass is 32.1. The minimum Gasteiger partial charge on any atom is -0.310 e. The molecule has 0 bridgehead atoms. The standard InChI is InChI=1S/C17H18N2S/c1-2-19-17(10-14-7-5-9-20-14)16-12-18-11-13-6-3-4-8-15(13)16/h3-9,11-12,17,19H,2,10H2,1H3. The van der Waals surface area contributed by atoms with Crippen LogP contribution in [-0.2, 0) is 6.42 Å². The van der Waals surface area contributed by atoms with E-state index in [4.69, 9.17) is 0 Å². The molecule has 0 radical (unpaired) electrons. The average Bonchev–Trinajstić information content (AvgIpc) is 2.99. The molecule has 3 heteroatoms. The molecule has 20 heavy (non-hydrogen) atoms. The molecule has 0 spiro atoms. The van der Waals surface area contributed by atoms with Gasteiger partial charge in [-0.25, -0.2) is 0 Å². The molecule has 0 saturated heterocycles. The van der Waals surface area contributed by atoms with Crippen LogP contribution in [0.15, 0.2) is 54.2 Å². The number of hydrogen-bond acceptors (Lipinski definition) is 3. The van der Waals surface area contributed by atoms with Crippen LogP contribution in [0, 0.1) is 0 Å². The van der Waals surface area contributed by atoms with E-state index in [-0.39, 0.29) is 0 Å². The summed E-state index contributed by atoms with van der Waals surface area (Å²) >= 11 is 1.82. The van der Waals surface area contributed by atoms with E-state index in [2.05, 4.69) is 59.0 Å². The second kappa shape index (κ2) is 6.16.